The molecule has 1 amide bonds. The van der Waals surface area contributed by atoms with Crippen LogP contribution in [0.1, 0.15) is 53.3 Å². The fourth-order valence-electron chi connectivity index (χ4n) is 3.93. The first-order chi connectivity index (χ1) is 14.1. The minimum atomic E-state index is -0.203. The van der Waals surface area contributed by atoms with Crippen LogP contribution in [0.3, 0.4) is 0 Å². The van der Waals surface area contributed by atoms with Crippen molar-refractivity contribution in [1.82, 2.24) is 34.7 Å². The summed E-state index contributed by atoms with van der Waals surface area (Å²) in [6, 6.07) is 9.97. The van der Waals surface area contributed by atoms with E-state index < -0.39 is 0 Å². The van der Waals surface area contributed by atoms with Crippen LogP contribution in [0.5, 0.6) is 0 Å². The molecule has 3 heterocycles. The Kier molecular flexibility index (Phi) is 5.28. The number of hydrogen-bond acceptors (Lipinski definition) is 5. The Labute approximate surface area is 168 Å². The summed E-state index contributed by atoms with van der Waals surface area (Å²) < 4.78 is 3.40. The molecule has 2 aromatic heterocycles. The van der Waals surface area contributed by atoms with Crippen molar-refractivity contribution in [2.24, 2.45) is 0 Å². The number of aromatic nitrogens is 6. The number of nitrogens with one attached hydrogen (secondary N) is 1. The summed E-state index contributed by atoms with van der Waals surface area (Å²) in [7, 11) is 0. The lowest BCUT2D eigenvalue weighted by Crippen LogP contribution is -2.40. The molecule has 1 aliphatic rings. The quantitative estimate of drug-likeness (QED) is 0.706. The molecule has 1 aromatic carbocycles. The van der Waals surface area contributed by atoms with E-state index in [0.717, 1.165) is 29.9 Å². The summed E-state index contributed by atoms with van der Waals surface area (Å²) in [6.07, 6.45) is 1.76. The molecular weight excluding hydrogens is 370 g/mol. The van der Waals surface area contributed by atoms with Crippen molar-refractivity contribution >= 4 is 5.91 Å². The topological polar surface area (TPSA) is 102 Å². The number of aromatic amines is 1. The molecule has 0 radical (unpaired) electrons. The maximum Gasteiger partial charge on any atom is 0.343 e. The lowest BCUT2D eigenvalue weighted by molar-refractivity contribution is 0.0696. The molecule has 3 aromatic rings. The largest absolute Gasteiger partial charge is 0.343 e. The number of H-pyrrole nitrogens is 1. The molecule has 1 fully saturated rings. The molecule has 9 nitrogen and oxygen atoms in total. The van der Waals surface area contributed by atoms with Crippen molar-refractivity contribution in [3.05, 3.63) is 63.6 Å². The molecule has 1 atom stereocenters. The van der Waals surface area contributed by atoms with E-state index >= 15 is 0 Å². The molecule has 29 heavy (non-hydrogen) atoms. The fourth-order valence-corrected chi connectivity index (χ4v) is 3.93. The van der Waals surface area contributed by atoms with Crippen molar-refractivity contribution in [2.45, 2.75) is 45.7 Å². The molecule has 0 bridgehead atoms. The first-order valence-corrected chi connectivity index (χ1v) is 9.96. The smallest absolute Gasteiger partial charge is 0.336 e. The molecule has 4 rings (SSSR count). The minimum absolute atomic E-state index is 0.0336. The van der Waals surface area contributed by atoms with E-state index in [1.165, 1.54) is 0 Å². The zero-order valence-corrected chi connectivity index (χ0v) is 16.7. The Hall–Kier alpha value is -3.23. The van der Waals surface area contributed by atoms with Crippen molar-refractivity contribution in [3.63, 3.8) is 0 Å². The van der Waals surface area contributed by atoms with Gasteiger partial charge in [0.05, 0.1) is 12.2 Å². The molecular formula is C20H25N7O2. The Morgan fingerprint density at radius 1 is 1.28 bits per heavy atom. The lowest BCUT2D eigenvalue weighted by atomic mass is 9.96. The predicted molar refractivity (Wildman–Crippen MR) is 107 cm³/mol. The zero-order chi connectivity index (χ0) is 20.4. The van der Waals surface area contributed by atoms with Gasteiger partial charge in [0.15, 0.2) is 5.69 Å². The van der Waals surface area contributed by atoms with Crippen LogP contribution in [0.25, 0.3) is 0 Å². The van der Waals surface area contributed by atoms with Crippen LogP contribution in [0.15, 0.2) is 35.1 Å². The van der Waals surface area contributed by atoms with Gasteiger partial charge in [-0.2, -0.15) is 5.10 Å². The Morgan fingerprint density at radius 2 is 2.07 bits per heavy atom. The van der Waals surface area contributed by atoms with Gasteiger partial charge in [0, 0.05) is 25.6 Å². The van der Waals surface area contributed by atoms with Gasteiger partial charge in [0.1, 0.15) is 5.82 Å². The third-order valence-corrected chi connectivity index (χ3v) is 5.54. The summed E-state index contributed by atoms with van der Waals surface area (Å²) in [4.78, 5) is 26.8. The van der Waals surface area contributed by atoms with E-state index in [2.05, 4.69) is 20.5 Å². The average molecular weight is 395 g/mol. The molecule has 0 aliphatic carbocycles. The third-order valence-electron chi connectivity index (χ3n) is 5.54. The fraction of sp³-hybridized carbons (Fsp3) is 0.450. The maximum absolute atomic E-state index is 13.1. The van der Waals surface area contributed by atoms with Crippen LogP contribution < -0.4 is 5.69 Å². The van der Waals surface area contributed by atoms with Crippen molar-refractivity contribution in [3.8, 4) is 0 Å². The second-order valence-corrected chi connectivity index (χ2v) is 7.39. The molecule has 1 N–H and O–H groups in total. The van der Waals surface area contributed by atoms with Gasteiger partial charge in [-0.25, -0.2) is 14.6 Å². The monoisotopic (exact) mass is 395 g/mol. The normalized spacial score (nSPS) is 16.9. The Morgan fingerprint density at radius 3 is 2.83 bits per heavy atom. The van der Waals surface area contributed by atoms with Gasteiger partial charge in [-0.3, -0.25) is 9.36 Å². The van der Waals surface area contributed by atoms with Crippen LogP contribution >= 0.6 is 0 Å². The highest BCUT2D eigenvalue weighted by molar-refractivity contribution is 5.93. The van der Waals surface area contributed by atoms with Gasteiger partial charge < -0.3 is 4.90 Å². The van der Waals surface area contributed by atoms with Gasteiger partial charge in [-0.15, -0.1) is 5.10 Å². The van der Waals surface area contributed by atoms with E-state index in [0.29, 0.717) is 31.9 Å². The molecule has 152 valence electrons. The van der Waals surface area contributed by atoms with Crippen molar-refractivity contribution in [1.29, 1.82) is 0 Å². The van der Waals surface area contributed by atoms with Gasteiger partial charge in [0.25, 0.3) is 5.91 Å². The van der Waals surface area contributed by atoms with Gasteiger partial charge in [-0.05, 0) is 32.3 Å². The SMILES string of the molecule is CCn1c(C2CCCN(C(=O)c3nnn(Cc4ccccc4)c3C)C2)n[nH]c1=O. The zero-order valence-electron chi connectivity index (χ0n) is 16.7. The van der Waals surface area contributed by atoms with E-state index in [1.54, 1.807) is 14.1 Å². The second kappa shape index (κ2) is 8.02. The average Bonchev–Trinajstić information content (AvgIpc) is 3.30. The second-order valence-electron chi connectivity index (χ2n) is 7.39. The summed E-state index contributed by atoms with van der Waals surface area (Å²) in [5, 5.41) is 15.1. The number of benzene rings is 1. The number of carbonyl (C=O) groups excluding carboxylic acids is 1. The van der Waals surface area contributed by atoms with Crippen LogP contribution in [-0.2, 0) is 13.1 Å². The minimum Gasteiger partial charge on any atom is -0.336 e. The lowest BCUT2D eigenvalue weighted by Gasteiger charge is -2.31. The number of nitrogens with zero attached hydrogens (tertiary/aromatic N) is 6. The number of carbonyl (C=O) groups is 1. The number of piperidine rings is 1. The first kappa shape index (κ1) is 19.1. The molecule has 1 unspecified atom stereocenters. The molecule has 1 saturated heterocycles. The maximum atomic E-state index is 13.1. The van der Waals surface area contributed by atoms with E-state index in [4.69, 9.17) is 0 Å². The summed E-state index contributed by atoms with van der Waals surface area (Å²) in [6.45, 7) is 6.11. The summed E-state index contributed by atoms with van der Waals surface area (Å²) in [5.74, 6) is 0.637. The van der Waals surface area contributed by atoms with Crippen LogP contribution in [0, 0.1) is 6.92 Å². The highest BCUT2D eigenvalue weighted by atomic mass is 16.2. The number of rotatable bonds is 5. The van der Waals surface area contributed by atoms with Crippen LogP contribution in [0.4, 0.5) is 0 Å². The number of likely N-dealkylation sites (tertiary alicyclic amines) is 1. The van der Waals surface area contributed by atoms with Crippen molar-refractivity contribution in [2.75, 3.05) is 13.1 Å². The van der Waals surface area contributed by atoms with E-state index in [9.17, 15) is 9.59 Å². The number of hydrogen-bond donors (Lipinski definition) is 1. The highest BCUT2D eigenvalue weighted by Gasteiger charge is 2.31. The Balaban J connectivity index is 1.51. The molecule has 9 heteroatoms. The summed E-state index contributed by atoms with van der Waals surface area (Å²) >= 11 is 0. The molecule has 0 spiro atoms. The van der Waals surface area contributed by atoms with Gasteiger partial charge in [-0.1, -0.05) is 35.5 Å². The molecule has 1 aliphatic heterocycles. The molecule has 0 saturated carbocycles. The predicted octanol–water partition coefficient (Wildman–Crippen LogP) is 1.56. The van der Waals surface area contributed by atoms with Crippen molar-refractivity contribution < 1.29 is 4.79 Å². The highest BCUT2D eigenvalue weighted by Crippen LogP contribution is 2.26. The van der Waals surface area contributed by atoms with E-state index in [1.807, 2.05) is 44.2 Å². The van der Waals surface area contributed by atoms with Crippen LogP contribution in [-0.4, -0.2) is 53.7 Å². The number of amides is 1. The van der Waals surface area contributed by atoms with Gasteiger partial charge >= 0.3 is 5.69 Å². The van der Waals surface area contributed by atoms with Gasteiger partial charge in [0.2, 0.25) is 0 Å². The van der Waals surface area contributed by atoms with E-state index in [-0.39, 0.29) is 17.5 Å². The summed E-state index contributed by atoms with van der Waals surface area (Å²) in [5.41, 5.74) is 2.04. The van der Waals surface area contributed by atoms with Crippen LogP contribution in [0.2, 0.25) is 0 Å². The third kappa shape index (κ3) is 3.72. The Bertz CT molecular complexity index is 1050. The standard InChI is InChI=1S/C20H25N7O2/c1-3-26-18(22-23-20(26)29)16-10-7-11-25(13-16)19(28)17-14(2)27(24-21-17)12-15-8-5-4-6-9-15/h4-6,8-9,16H,3,7,10-13H2,1-2H3,(H,23,29). The first-order valence-electron chi connectivity index (χ1n) is 9.96.